The smallest absolute Gasteiger partial charge is 0.251 e. The van der Waals surface area contributed by atoms with Crippen molar-refractivity contribution in [3.63, 3.8) is 0 Å². The van der Waals surface area contributed by atoms with Crippen molar-refractivity contribution < 1.29 is 9.53 Å². The Kier molecular flexibility index (Phi) is 4.26. The molecule has 0 aliphatic carbocycles. The average molecular weight is 338 g/mol. The summed E-state index contributed by atoms with van der Waals surface area (Å²) in [7, 11) is 0. The van der Waals surface area contributed by atoms with Crippen LogP contribution in [0.15, 0.2) is 29.8 Å². The van der Waals surface area contributed by atoms with Crippen LogP contribution in [0.3, 0.4) is 0 Å². The predicted molar refractivity (Wildman–Crippen MR) is 94.0 cm³/mol. The van der Waals surface area contributed by atoms with Crippen LogP contribution in [0.4, 0.5) is 0 Å². The molecule has 1 aromatic heterocycles. The van der Waals surface area contributed by atoms with Gasteiger partial charge in [-0.3, -0.25) is 4.79 Å². The van der Waals surface area contributed by atoms with Crippen molar-refractivity contribution in [2.75, 3.05) is 6.61 Å². The molecule has 130 valence electrons. The molecule has 0 saturated heterocycles. The minimum absolute atomic E-state index is 0.118. The maximum Gasteiger partial charge on any atom is 0.251 e. The Balaban J connectivity index is 1.50. The highest BCUT2D eigenvalue weighted by Gasteiger charge is 2.23. The van der Waals surface area contributed by atoms with Crippen molar-refractivity contribution in [3.8, 4) is 5.75 Å². The van der Waals surface area contributed by atoms with Gasteiger partial charge in [0.2, 0.25) is 0 Å². The first-order valence-corrected chi connectivity index (χ1v) is 8.87. The number of carbonyl (C=O) groups excluding carboxylic acids is 1. The van der Waals surface area contributed by atoms with E-state index in [9.17, 15) is 4.79 Å². The fourth-order valence-electron chi connectivity index (χ4n) is 3.43. The van der Waals surface area contributed by atoms with Crippen LogP contribution in [0, 0.1) is 0 Å². The number of benzene rings is 1. The number of ether oxygens (including phenoxy) is 1. The minimum Gasteiger partial charge on any atom is -0.488 e. The van der Waals surface area contributed by atoms with Gasteiger partial charge in [-0.15, -0.1) is 10.2 Å². The lowest BCUT2D eigenvalue weighted by molar-refractivity contribution is -0.118. The molecular formula is C19H22N4O2. The van der Waals surface area contributed by atoms with E-state index in [4.69, 9.17) is 4.74 Å². The minimum atomic E-state index is -0.190. The number of carbonyl (C=O) groups is 1. The van der Waals surface area contributed by atoms with Gasteiger partial charge in [0.15, 0.2) is 5.82 Å². The zero-order chi connectivity index (χ0) is 17.2. The monoisotopic (exact) mass is 338 g/mol. The fraction of sp³-hybridized carbons (Fsp3) is 0.421. The maximum atomic E-state index is 12.6. The van der Waals surface area contributed by atoms with Crippen LogP contribution < -0.4 is 10.1 Å². The standard InChI is InChI=1S/C19H22N4O2/c1-13(18-22-21-17-9-3-2-6-10-23(17)18)20-19(24)15-11-14-7-4-5-8-16(14)25-12-15/h4-5,7-8,11,13H,2-3,6,9-10,12H2,1H3,(H,20,24). The lowest BCUT2D eigenvalue weighted by Crippen LogP contribution is -2.32. The van der Waals surface area contributed by atoms with Crippen LogP contribution >= 0.6 is 0 Å². The maximum absolute atomic E-state index is 12.6. The van der Waals surface area contributed by atoms with E-state index in [2.05, 4.69) is 20.1 Å². The van der Waals surface area contributed by atoms with Gasteiger partial charge >= 0.3 is 0 Å². The molecule has 0 fully saturated rings. The summed E-state index contributed by atoms with van der Waals surface area (Å²) in [6.07, 6.45) is 6.36. The van der Waals surface area contributed by atoms with Crippen molar-refractivity contribution in [2.24, 2.45) is 0 Å². The zero-order valence-corrected chi connectivity index (χ0v) is 14.4. The number of rotatable bonds is 3. The summed E-state index contributed by atoms with van der Waals surface area (Å²) in [5, 5.41) is 11.7. The number of hydrogen-bond donors (Lipinski definition) is 1. The van der Waals surface area contributed by atoms with Gasteiger partial charge in [-0.05, 0) is 31.9 Å². The van der Waals surface area contributed by atoms with E-state index in [-0.39, 0.29) is 18.6 Å². The van der Waals surface area contributed by atoms with E-state index in [1.165, 1.54) is 6.42 Å². The summed E-state index contributed by atoms with van der Waals surface area (Å²) in [4.78, 5) is 12.6. The van der Waals surface area contributed by atoms with E-state index in [0.717, 1.165) is 48.8 Å². The van der Waals surface area contributed by atoms with E-state index >= 15 is 0 Å². The molecule has 1 N–H and O–H groups in total. The molecule has 3 heterocycles. The van der Waals surface area contributed by atoms with Crippen LogP contribution in [-0.4, -0.2) is 27.3 Å². The third kappa shape index (κ3) is 3.16. The lowest BCUT2D eigenvalue weighted by Gasteiger charge is -2.20. The Hall–Kier alpha value is -2.63. The molecule has 25 heavy (non-hydrogen) atoms. The van der Waals surface area contributed by atoms with Crippen molar-refractivity contribution in [1.29, 1.82) is 0 Å². The molecular weight excluding hydrogens is 316 g/mol. The van der Waals surface area contributed by atoms with Gasteiger partial charge < -0.3 is 14.6 Å². The Morgan fingerprint density at radius 2 is 2.12 bits per heavy atom. The van der Waals surface area contributed by atoms with E-state index in [1.807, 2.05) is 37.3 Å². The van der Waals surface area contributed by atoms with Crippen LogP contribution in [0.2, 0.25) is 0 Å². The van der Waals surface area contributed by atoms with E-state index in [1.54, 1.807) is 0 Å². The van der Waals surface area contributed by atoms with Crippen molar-refractivity contribution in [3.05, 3.63) is 47.1 Å². The summed E-state index contributed by atoms with van der Waals surface area (Å²) in [5.74, 6) is 2.56. The number of para-hydroxylation sites is 1. The molecule has 2 aliphatic rings. The largest absolute Gasteiger partial charge is 0.488 e. The highest BCUT2D eigenvalue weighted by molar-refractivity contribution is 5.99. The Bertz CT molecular complexity index is 825. The average Bonchev–Trinajstić information content (AvgIpc) is 2.90. The van der Waals surface area contributed by atoms with E-state index in [0.29, 0.717) is 5.57 Å². The molecule has 0 saturated carbocycles. The molecule has 1 amide bonds. The van der Waals surface area contributed by atoms with Crippen molar-refractivity contribution in [2.45, 2.75) is 45.2 Å². The van der Waals surface area contributed by atoms with Gasteiger partial charge in [-0.25, -0.2) is 0 Å². The molecule has 6 nitrogen and oxygen atoms in total. The van der Waals surface area contributed by atoms with Gasteiger partial charge in [0.25, 0.3) is 5.91 Å². The number of amides is 1. The Labute approximate surface area is 146 Å². The molecule has 4 rings (SSSR count). The molecule has 0 radical (unpaired) electrons. The molecule has 1 atom stereocenters. The molecule has 1 aromatic carbocycles. The lowest BCUT2D eigenvalue weighted by atomic mass is 10.1. The summed E-state index contributed by atoms with van der Waals surface area (Å²) < 4.78 is 7.84. The first-order valence-electron chi connectivity index (χ1n) is 8.87. The second-order valence-corrected chi connectivity index (χ2v) is 6.63. The van der Waals surface area contributed by atoms with Gasteiger partial charge in [0.1, 0.15) is 18.2 Å². The van der Waals surface area contributed by atoms with Gasteiger partial charge in [0, 0.05) is 18.5 Å². The summed E-state index contributed by atoms with van der Waals surface area (Å²) in [5.41, 5.74) is 1.56. The number of nitrogens with one attached hydrogen (secondary N) is 1. The van der Waals surface area contributed by atoms with Crippen LogP contribution in [0.1, 0.15) is 49.4 Å². The number of aromatic nitrogens is 3. The molecule has 0 spiro atoms. The predicted octanol–water partition coefficient (Wildman–Crippen LogP) is 2.66. The normalized spacial score (nSPS) is 17.4. The third-order valence-electron chi connectivity index (χ3n) is 4.80. The Morgan fingerprint density at radius 1 is 1.24 bits per heavy atom. The molecule has 1 unspecified atom stereocenters. The van der Waals surface area contributed by atoms with Crippen molar-refractivity contribution >= 4 is 12.0 Å². The number of hydrogen-bond acceptors (Lipinski definition) is 4. The topological polar surface area (TPSA) is 69.0 Å². The highest BCUT2D eigenvalue weighted by atomic mass is 16.5. The van der Waals surface area contributed by atoms with Gasteiger partial charge in [0.05, 0.1) is 11.6 Å². The summed E-state index contributed by atoms with van der Waals surface area (Å²) >= 11 is 0. The second kappa shape index (κ2) is 6.70. The fourth-order valence-corrected chi connectivity index (χ4v) is 3.43. The quantitative estimate of drug-likeness (QED) is 0.934. The highest BCUT2D eigenvalue weighted by Crippen LogP contribution is 2.26. The Morgan fingerprint density at radius 3 is 3.04 bits per heavy atom. The molecule has 0 bridgehead atoms. The second-order valence-electron chi connectivity index (χ2n) is 6.63. The van der Waals surface area contributed by atoms with Crippen molar-refractivity contribution in [1.82, 2.24) is 20.1 Å². The van der Waals surface area contributed by atoms with Gasteiger partial charge in [-0.1, -0.05) is 24.6 Å². The van der Waals surface area contributed by atoms with Crippen LogP contribution in [0.25, 0.3) is 6.08 Å². The van der Waals surface area contributed by atoms with Gasteiger partial charge in [-0.2, -0.15) is 0 Å². The first kappa shape index (κ1) is 15.9. The first-order chi connectivity index (χ1) is 12.2. The third-order valence-corrected chi connectivity index (χ3v) is 4.80. The summed E-state index contributed by atoms with van der Waals surface area (Å²) in [6, 6.07) is 7.53. The van der Waals surface area contributed by atoms with E-state index < -0.39 is 0 Å². The number of aryl methyl sites for hydroxylation is 1. The molecule has 6 heteroatoms. The summed E-state index contributed by atoms with van der Waals surface area (Å²) in [6.45, 7) is 3.17. The van der Waals surface area contributed by atoms with Crippen LogP contribution in [-0.2, 0) is 17.8 Å². The number of nitrogens with zero attached hydrogens (tertiary/aromatic N) is 3. The number of fused-ring (bicyclic) bond motifs is 2. The SMILES string of the molecule is CC(NC(=O)C1=Cc2ccccc2OC1)c1nnc2n1CCCCC2. The van der Waals surface area contributed by atoms with Crippen LogP contribution in [0.5, 0.6) is 5.75 Å². The molecule has 2 aromatic rings. The zero-order valence-electron chi connectivity index (χ0n) is 14.4. The molecule has 2 aliphatic heterocycles.